The topological polar surface area (TPSA) is 35.5 Å². The van der Waals surface area contributed by atoms with Gasteiger partial charge in [0, 0.05) is 38.0 Å². The summed E-state index contributed by atoms with van der Waals surface area (Å²) in [5.74, 6) is 0.499. The molecule has 1 fully saturated rings. The second-order valence-corrected chi connectivity index (χ2v) is 7.75. The van der Waals surface area contributed by atoms with Crippen LogP contribution in [0.3, 0.4) is 0 Å². The maximum Gasteiger partial charge on any atom is 0.0460 e. The summed E-state index contributed by atoms with van der Waals surface area (Å²) in [7, 11) is 0. The average molecular weight is 304 g/mol. The average Bonchev–Trinajstić information content (AvgIpc) is 2.52. The molecule has 1 aromatic carbocycles. The van der Waals surface area contributed by atoms with Crippen molar-refractivity contribution in [2.75, 3.05) is 24.6 Å². The van der Waals surface area contributed by atoms with Crippen LogP contribution in [-0.2, 0) is 6.54 Å². The van der Waals surface area contributed by atoms with Crippen LogP contribution in [0.15, 0.2) is 24.3 Å². The van der Waals surface area contributed by atoms with Gasteiger partial charge in [-0.25, -0.2) is 0 Å². The maximum atomic E-state index is 9.22. The smallest absolute Gasteiger partial charge is 0.0460 e. The van der Waals surface area contributed by atoms with Crippen molar-refractivity contribution < 1.29 is 5.11 Å². The number of nitrogens with one attached hydrogen (secondary N) is 1. The van der Waals surface area contributed by atoms with Crippen LogP contribution < -0.4 is 10.2 Å². The van der Waals surface area contributed by atoms with Crippen molar-refractivity contribution in [3.05, 3.63) is 29.8 Å². The van der Waals surface area contributed by atoms with Crippen molar-refractivity contribution in [1.82, 2.24) is 5.32 Å². The van der Waals surface area contributed by atoms with Gasteiger partial charge in [0.05, 0.1) is 0 Å². The van der Waals surface area contributed by atoms with Crippen molar-refractivity contribution in [1.29, 1.82) is 0 Å². The summed E-state index contributed by atoms with van der Waals surface area (Å²) in [6, 6.07) is 9.42. The highest BCUT2D eigenvalue weighted by Crippen LogP contribution is 2.24. The molecule has 2 N–H and O–H groups in total. The van der Waals surface area contributed by atoms with Gasteiger partial charge in [0.2, 0.25) is 0 Å². The normalized spacial score (nSPS) is 18.5. The van der Waals surface area contributed by atoms with Crippen LogP contribution in [0.25, 0.3) is 0 Å². The van der Waals surface area contributed by atoms with Crippen LogP contribution in [0.1, 0.15) is 46.1 Å². The first-order valence-corrected chi connectivity index (χ1v) is 8.58. The fourth-order valence-electron chi connectivity index (χ4n) is 2.78. The molecule has 0 spiro atoms. The Labute approximate surface area is 135 Å². The highest BCUT2D eigenvalue weighted by atomic mass is 16.3. The summed E-state index contributed by atoms with van der Waals surface area (Å²) < 4.78 is 0. The first-order valence-electron chi connectivity index (χ1n) is 8.58. The van der Waals surface area contributed by atoms with Gasteiger partial charge >= 0.3 is 0 Å². The summed E-state index contributed by atoms with van der Waals surface area (Å²) in [6.07, 6.45) is 2.20. The second kappa shape index (κ2) is 7.47. The van der Waals surface area contributed by atoms with Gasteiger partial charge in [-0.15, -0.1) is 0 Å². The van der Waals surface area contributed by atoms with E-state index in [1.54, 1.807) is 0 Å². The Morgan fingerprint density at radius 3 is 2.27 bits per heavy atom. The highest BCUT2D eigenvalue weighted by Gasteiger charge is 2.20. The summed E-state index contributed by atoms with van der Waals surface area (Å²) in [5, 5.41) is 12.8. The van der Waals surface area contributed by atoms with Crippen LogP contribution in [0.5, 0.6) is 0 Å². The third-order valence-electron chi connectivity index (χ3n) is 5.09. The van der Waals surface area contributed by atoms with E-state index in [9.17, 15) is 5.11 Å². The molecule has 3 nitrogen and oxygen atoms in total. The number of aliphatic hydroxyl groups is 1. The Hall–Kier alpha value is -1.06. The molecule has 0 aliphatic carbocycles. The SMILES string of the molecule is CC(NCc1ccc(N2CCC(CO)CC2)cc1)C(C)(C)C. The van der Waals surface area contributed by atoms with Crippen LogP contribution >= 0.6 is 0 Å². The molecule has 1 heterocycles. The summed E-state index contributed by atoms with van der Waals surface area (Å²) in [6.45, 7) is 12.4. The molecule has 0 saturated carbocycles. The standard InChI is InChI=1S/C19H32N2O/c1-15(19(2,3)4)20-13-16-5-7-18(8-6-16)21-11-9-17(14-22)10-12-21/h5-8,15,17,20,22H,9-14H2,1-4H3. The van der Waals surface area contributed by atoms with E-state index in [1.807, 2.05) is 0 Å². The van der Waals surface area contributed by atoms with Crippen molar-refractivity contribution >= 4 is 5.69 Å². The summed E-state index contributed by atoms with van der Waals surface area (Å²) in [5.41, 5.74) is 2.94. The zero-order valence-electron chi connectivity index (χ0n) is 14.6. The van der Waals surface area contributed by atoms with E-state index in [1.165, 1.54) is 11.3 Å². The van der Waals surface area contributed by atoms with Crippen molar-refractivity contribution in [3.63, 3.8) is 0 Å². The van der Waals surface area contributed by atoms with E-state index < -0.39 is 0 Å². The number of aliphatic hydroxyl groups excluding tert-OH is 1. The number of hydrogen-bond donors (Lipinski definition) is 2. The number of nitrogens with zero attached hydrogens (tertiary/aromatic N) is 1. The van der Waals surface area contributed by atoms with Crippen LogP contribution in [0, 0.1) is 11.3 Å². The van der Waals surface area contributed by atoms with E-state index >= 15 is 0 Å². The predicted octanol–water partition coefficient (Wildman–Crippen LogP) is 3.42. The first kappa shape index (κ1) is 17.3. The lowest BCUT2D eigenvalue weighted by Crippen LogP contribution is -2.37. The Bertz CT molecular complexity index is 441. The first-order chi connectivity index (χ1) is 10.4. The number of anilines is 1. The molecular formula is C19H32N2O. The van der Waals surface area contributed by atoms with E-state index in [2.05, 4.69) is 62.2 Å². The predicted molar refractivity (Wildman–Crippen MR) is 94.2 cm³/mol. The zero-order chi connectivity index (χ0) is 16.2. The third kappa shape index (κ3) is 4.72. The molecule has 1 aliphatic heterocycles. The second-order valence-electron chi connectivity index (χ2n) is 7.75. The minimum absolute atomic E-state index is 0.289. The zero-order valence-corrected chi connectivity index (χ0v) is 14.6. The minimum Gasteiger partial charge on any atom is -0.396 e. The van der Waals surface area contributed by atoms with E-state index in [0.29, 0.717) is 18.6 Å². The highest BCUT2D eigenvalue weighted by molar-refractivity contribution is 5.48. The molecule has 3 heteroatoms. The lowest BCUT2D eigenvalue weighted by atomic mass is 9.88. The Balaban J connectivity index is 1.86. The van der Waals surface area contributed by atoms with Gasteiger partial charge in [-0.2, -0.15) is 0 Å². The molecule has 0 amide bonds. The number of piperidine rings is 1. The maximum absolute atomic E-state index is 9.22. The largest absolute Gasteiger partial charge is 0.396 e. The molecule has 1 saturated heterocycles. The quantitative estimate of drug-likeness (QED) is 0.875. The van der Waals surface area contributed by atoms with Crippen molar-refractivity contribution in [2.45, 2.75) is 53.1 Å². The molecule has 1 atom stereocenters. The third-order valence-corrected chi connectivity index (χ3v) is 5.09. The van der Waals surface area contributed by atoms with Gasteiger partial charge in [-0.1, -0.05) is 32.9 Å². The Morgan fingerprint density at radius 1 is 1.18 bits per heavy atom. The van der Waals surface area contributed by atoms with E-state index in [0.717, 1.165) is 32.5 Å². The number of rotatable bonds is 5. The lowest BCUT2D eigenvalue weighted by molar-refractivity contribution is 0.203. The monoisotopic (exact) mass is 304 g/mol. The van der Waals surface area contributed by atoms with Crippen LogP contribution in [0.4, 0.5) is 5.69 Å². The molecule has 0 bridgehead atoms. The van der Waals surface area contributed by atoms with Crippen LogP contribution in [-0.4, -0.2) is 30.8 Å². The minimum atomic E-state index is 0.289. The van der Waals surface area contributed by atoms with Gasteiger partial charge in [-0.3, -0.25) is 0 Å². The van der Waals surface area contributed by atoms with Gasteiger partial charge in [0.25, 0.3) is 0 Å². The summed E-state index contributed by atoms with van der Waals surface area (Å²) >= 11 is 0. The Kier molecular flexibility index (Phi) is 5.87. The fourth-order valence-corrected chi connectivity index (χ4v) is 2.78. The van der Waals surface area contributed by atoms with Gasteiger partial charge in [0.15, 0.2) is 0 Å². The van der Waals surface area contributed by atoms with Gasteiger partial charge in [-0.05, 0) is 48.8 Å². The molecular weight excluding hydrogens is 272 g/mol. The van der Waals surface area contributed by atoms with Gasteiger partial charge < -0.3 is 15.3 Å². The van der Waals surface area contributed by atoms with Crippen molar-refractivity contribution in [2.24, 2.45) is 11.3 Å². The van der Waals surface area contributed by atoms with E-state index in [4.69, 9.17) is 0 Å². The van der Waals surface area contributed by atoms with Crippen LogP contribution in [0.2, 0.25) is 0 Å². The molecule has 1 aromatic rings. The molecule has 0 aromatic heterocycles. The summed E-state index contributed by atoms with van der Waals surface area (Å²) in [4.78, 5) is 2.43. The molecule has 22 heavy (non-hydrogen) atoms. The fraction of sp³-hybridized carbons (Fsp3) is 0.684. The van der Waals surface area contributed by atoms with Gasteiger partial charge in [0.1, 0.15) is 0 Å². The molecule has 2 rings (SSSR count). The molecule has 1 aliphatic rings. The molecule has 124 valence electrons. The Morgan fingerprint density at radius 2 is 1.77 bits per heavy atom. The lowest BCUT2D eigenvalue weighted by Gasteiger charge is -2.33. The number of benzene rings is 1. The van der Waals surface area contributed by atoms with Crippen molar-refractivity contribution in [3.8, 4) is 0 Å². The number of hydrogen-bond acceptors (Lipinski definition) is 3. The van der Waals surface area contributed by atoms with E-state index in [-0.39, 0.29) is 5.41 Å². The molecule has 1 unspecified atom stereocenters. The molecule has 0 radical (unpaired) electrons.